The number of urea groups is 2. The van der Waals surface area contributed by atoms with Gasteiger partial charge in [0.05, 0.1) is 13.2 Å². The van der Waals surface area contributed by atoms with Crippen LogP contribution in [-0.4, -0.2) is 62.1 Å². The number of aliphatic hydroxyl groups is 2. The summed E-state index contributed by atoms with van der Waals surface area (Å²) in [7, 11) is -7.67. The minimum absolute atomic E-state index is 0.0256. The summed E-state index contributed by atoms with van der Waals surface area (Å²) in [6, 6.07) is -2.91. The van der Waals surface area contributed by atoms with E-state index >= 15 is 0 Å². The van der Waals surface area contributed by atoms with Crippen LogP contribution in [0.4, 0.5) is 9.59 Å². The number of fused-ring (bicyclic) bond motifs is 1. The Bertz CT molecular complexity index is 812. The molecule has 2 aliphatic heterocycles. The van der Waals surface area contributed by atoms with Gasteiger partial charge in [-0.3, -0.25) is 4.79 Å². The molecule has 0 aromatic rings. The molecule has 0 saturated carbocycles. The van der Waals surface area contributed by atoms with E-state index in [1.807, 2.05) is 0 Å². The lowest BCUT2D eigenvalue weighted by molar-refractivity contribution is -0.120. The van der Waals surface area contributed by atoms with Gasteiger partial charge < -0.3 is 15.5 Å². The van der Waals surface area contributed by atoms with E-state index in [1.54, 1.807) is 0 Å². The van der Waals surface area contributed by atoms with Crippen molar-refractivity contribution in [3.05, 3.63) is 0 Å². The number of carbonyl (C=O) groups excluding carboxylic acids is 3. The number of nitrogens with one attached hydrogen (secondary N) is 1. The Kier molecular flexibility index (Phi) is 4.79. The number of rotatable bonds is 6. The highest BCUT2D eigenvalue weighted by molar-refractivity contribution is 7.32. The van der Waals surface area contributed by atoms with Crippen molar-refractivity contribution in [1.82, 2.24) is 14.7 Å². The maximum Gasteiger partial charge on any atom is 0.438 e. The maximum atomic E-state index is 12.3. The molecule has 0 radical (unpaired) electrons. The van der Waals surface area contributed by atoms with Crippen molar-refractivity contribution in [2.24, 2.45) is 10.4 Å². The Hall–Kier alpha value is -2.20. The standard InChI is InChI=1S/C10H12N4O9P2/c1-9(3-15,4-16)2-10-5(11-7(18)12-10)6(17)13(24(20)21)8(19)14(10)25(22)23/h15-16H,2-4H2,1H3,(H,12,18). The predicted molar refractivity (Wildman–Crippen MR) is 76.3 cm³/mol. The maximum absolute atomic E-state index is 12.3. The van der Waals surface area contributed by atoms with Crippen LogP contribution in [0.15, 0.2) is 4.99 Å². The summed E-state index contributed by atoms with van der Waals surface area (Å²) in [5, 5.41) is 20.9. The molecule has 0 spiro atoms. The molecule has 0 bridgehead atoms. The first-order valence-corrected chi connectivity index (χ1v) is 8.89. The van der Waals surface area contributed by atoms with Crippen molar-refractivity contribution in [2.45, 2.75) is 19.0 Å². The smallest absolute Gasteiger partial charge is 0.396 e. The Morgan fingerprint density at radius 2 is 1.68 bits per heavy atom. The van der Waals surface area contributed by atoms with E-state index in [9.17, 15) is 42.9 Å². The number of imide groups is 1. The first-order valence-electron chi connectivity index (χ1n) is 6.63. The summed E-state index contributed by atoms with van der Waals surface area (Å²) < 4.78 is 45.2. The van der Waals surface area contributed by atoms with Gasteiger partial charge in [-0.1, -0.05) is 6.92 Å². The Labute approximate surface area is 140 Å². The van der Waals surface area contributed by atoms with Crippen LogP contribution in [-0.2, 0) is 23.1 Å². The molecule has 5 amide bonds. The molecule has 0 aliphatic carbocycles. The summed E-state index contributed by atoms with van der Waals surface area (Å²) >= 11 is 0. The topological polar surface area (TPSA) is 191 Å². The van der Waals surface area contributed by atoms with Gasteiger partial charge in [0.1, 0.15) is 0 Å². The molecule has 0 aromatic heterocycles. The molecule has 13 nitrogen and oxygen atoms in total. The van der Waals surface area contributed by atoms with Gasteiger partial charge in [0.2, 0.25) is 0 Å². The third-order valence-corrected chi connectivity index (χ3v) is 5.33. The van der Waals surface area contributed by atoms with Crippen LogP contribution in [0, 0.1) is 5.41 Å². The number of nitrogens with zero attached hydrogens (tertiary/aromatic N) is 3. The molecular weight excluding hydrogens is 382 g/mol. The lowest BCUT2D eigenvalue weighted by Crippen LogP contribution is -2.70. The van der Waals surface area contributed by atoms with Gasteiger partial charge in [-0.2, -0.15) is 9.66 Å². The number of hydrogen-bond acceptors (Lipinski definition) is 9. The van der Waals surface area contributed by atoms with Gasteiger partial charge >= 0.3 is 27.7 Å². The SMILES string of the molecule is CC(CO)(CO)CC12NC(=O)N=C1C(=O)N(P(=O)=O)C(=O)N2P(=O)=O. The number of aliphatic imine (C=N–C) groups is 1. The molecule has 1 atom stereocenters. The van der Waals surface area contributed by atoms with Crippen LogP contribution >= 0.6 is 15.7 Å². The zero-order chi connectivity index (χ0) is 19.2. The zero-order valence-electron chi connectivity index (χ0n) is 12.6. The van der Waals surface area contributed by atoms with Crippen LogP contribution in [0.3, 0.4) is 0 Å². The molecule has 1 unspecified atom stereocenters. The van der Waals surface area contributed by atoms with Crippen LogP contribution in [0.1, 0.15) is 13.3 Å². The van der Waals surface area contributed by atoms with E-state index in [0.29, 0.717) is 0 Å². The monoisotopic (exact) mass is 394 g/mol. The summed E-state index contributed by atoms with van der Waals surface area (Å²) in [5.74, 6) is -1.49. The summed E-state index contributed by atoms with van der Waals surface area (Å²) in [6.07, 6.45) is -0.609. The van der Waals surface area contributed by atoms with E-state index in [4.69, 9.17) is 0 Å². The molecular formula is C10H12N4O9P2. The number of hydrogen-bond donors (Lipinski definition) is 3. The first kappa shape index (κ1) is 19.1. The quantitative estimate of drug-likeness (QED) is 0.506. The highest BCUT2D eigenvalue weighted by Crippen LogP contribution is 2.43. The zero-order valence-corrected chi connectivity index (χ0v) is 14.4. The third kappa shape index (κ3) is 2.85. The van der Waals surface area contributed by atoms with Gasteiger partial charge in [0.15, 0.2) is 11.4 Å². The highest BCUT2D eigenvalue weighted by Gasteiger charge is 2.63. The normalized spacial score (nSPS) is 23.3. The largest absolute Gasteiger partial charge is 0.438 e. The first-order chi connectivity index (χ1) is 11.5. The molecule has 2 aliphatic rings. The van der Waals surface area contributed by atoms with Crippen LogP contribution in [0.25, 0.3) is 0 Å². The lowest BCUT2D eigenvalue weighted by Gasteiger charge is -2.44. The third-order valence-electron chi connectivity index (χ3n) is 3.81. The van der Waals surface area contributed by atoms with Crippen molar-refractivity contribution < 1.29 is 42.9 Å². The van der Waals surface area contributed by atoms with Crippen LogP contribution < -0.4 is 5.32 Å². The summed E-state index contributed by atoms with van der Waals surface area (Å²) in [6.45, 7) is -0.0884. The van der Waals surface area contributed by atoms with E-state index in [2.05, 4.69) is 10.3 Å². The van der Waals surface area contributed by atoms with Crippen molar-refractivity contribution in [3.63, 3.8) is 0 Å². The van der Waals surface area contributed by atoms with Gasteiger partial charge in [-0.05, 0) is 0 Å². The molecule has 3 N–H and O–H groups in total. The summed E-state index contributed by atoms with van der Waals surface area (Å²) in [5.41, 5.74) is -4.63. The second-order valence-electron chi connectivity index (χ2n) is 5.74. The molecule has 15 heteroatoms. The van der Waals surface area contributed by atoms with E-state index in [-0.39, 0.29) is 9.34 Å². The number of carbonyl (C=O) groups is 3. The Morgan fingerprint density at radius 3 is 2.12 bits per heavy atom. The Morgan fingerprint density at radius 1 is 1.12 bits per heavy atom. The molecule has 2 rings (SSSR count). The fourth-order valence-electron chi connectivity index (χ4n) is 2.61. The van der Waals surface area contributed by atoms with E-state index in [0.717, 1.165) is 0 Å². The molecule has 1 fully saturated rings. The van der Waals surface area contributed by atoms with Crippen molar-refractivity contribution in [1.29, 1.82) is 0 Å². The average Bonchev–Trinajstić information content (AvgIpc) is 2.83. The fourth-order valence-corrected chi connectivity index (χ4v) is 3.88. The minimum Gasteiger partial charge on any atom is -0.396 e. The summed E-state index contributed by atoms with van der Waals surface area (Å²) in [4.78, 5) is 39.6. The van der Waals surface area contributed by atoms with Crippen molar-refractivity contribution >= 4 is 39.3 Å². The molecule has 136 valence electrons. The lowest BCUT2D eigenvalue weighted by atomic mass is 9.79. The van der Waals surface area contributed by atoms with E-state index < -0.39 is 70.1 Å². The van der Waals surface area contributed by atoms with Crippen LogP contribution in [0.2, 0.25) is 0 Å². The molecule has 1 saturated heterocycles. The van der Waals surface area contributed by atoms with Gasteiger partial charge in [0, 0.05) is 11.8 Å². The average molecular weight is 394 g/mol. The van der Waals surface area contributed by atoms with Gasteiger partial charge in [-0.25, -0.2) is 27.8 Å². The number of amides is 5. The van der Waals surface area contributed by atoms with Gasteiger partial charge in [0.25, 0.3) is 5.91 Å². The minimum atomic E-state index is -3.84. The Balaban J connectivity index is 2.73. The van der Waals surface area contributed by atoms with Gasteiger partial charge in [-0.15, -0.1) is 4.67 Å². The molecule has 25 heavy (non-hydrogen) atoms. The second kappa shape index (κ2) is 6.26. The van der Waals surface area contributed by atoms with E-state index in [1.165, 1.54) is 6.92 Å². The number of aliphatic hydroxyl groups excluding tert-OH is 2. The molecule has 0 aromatic carbocycles. The molecule has 2 heterocycles. The second-order valence-corrected chi connectivity index (χ2v) is 7.49. The van der Waals surface area contributed by atoms with Crippen LogP contribution in [0.5, 0.6) is 0 Å². The highest BCUT2D eigenvalue weighted by atomic mass is 31.1. The predicted octanol–water partition coefficient (Wildman–Crippen LogP) is -0.332. The fraction of sp³-hybridized carbons (Fsp3) is 0.600. The van der Waals surface area contributed by atoms with Crippen molar-refractivity contribution in [3.8, 4) is 0 Å². The van der Waals surface area contributed by atoms with Crippen molar-refractivity contribution in [2.75, 3.05) is 13.2 Å².